The smallest absolute Gasteiger partial charge is 0.306 e. The Morgan fingerprint density at radius 2 is 1.84 bits per heavy atom. The lowest BCUT2D eigenvalue weighted by atomic mass is 10.3. The van der Waals surface area contributed by atoms with E-state index >= 15 is 0 Å². The second kappa shape index (κ2) is 6.10. The lowest BCUT2D eigenvalue weighted by Crippen LogP contribution is -2.20. The van der Waals surface area contributed by atoms with Crippen molar-refractivity contribution in [1.29, 1.82) is 0 Å². The fourth-order valence-corrected chi connectivity index (χ4v) is 1.78. The maximum absolute atomic E-state index is 11.7. The molecule has 1 aromatic heterocycles. The Morgan fingerprint density at radius 1 is 1.05 bits per heavy atom. The number of aromatic nitrogens is 1. The van der Waals surface area contributed by atoms with Crippen LogP contribution in [0.4, 0.5) is 16.3 Å². The molecule has 2 aromatic rings. The number of carbonyl (C=O) groups is 1. The van der Waals surface area contributed by atoms with Gasteiger partial charge in [0.1, 0.15) is 5.82 Å². The summed E-state index contributed by atoms with van der Waals surface area (Å²) in [6.07, 6.45) is 1.43. The van der Waals surface area contributed by atoms with Gasteiger partial charge in [-0.2, -0.15) is 0 Å². The predicted molar refractivity (Wildman–Crippen MR) is 78.4 cm³/mol. The highest BCUT2D eigenvalue weighted by molar-refractivity contribution is 6.44. The Morgan fingerprint density at radius 3 is 2.53 bits per heavy atom. The molecule has 2 N–H and O–H groups in total. The van der Waals surface area contributed by atoms with Crippen molar-refractivity contribution in [1.82, 2.24) is 4.98 Å². The number of anilines is 2. The number of benzene rings is 1. The third kappa shape index (κ3) is 3.73. The van der Waals surface area contributed by atoms with Crippen molar-refractivity contribution >= 4 is 52.3 Å². The fourth-order valence-electron chi connectivity index (χ4n) is 1.32. The van der Waals surface area contributed by atoms with Crippen LogP contribution in [0.15, 0.2) is 36.5 Å². The van der Waals surface area contributed by atoms with Crippen molar-refractivity contribution in [3.63, 3.8) is 0 Å². The zero-order valence-electron chi connectivity index (χ0n) is 9.45. The average Bonchev–Trinajstić information content (AvgIpc) is 2.38. The summed E-state index contributed by atoms with van der Waals surface area (Å²) in [5, 5.41) is 6.25. The molecule has 2 amide bonds. The highest BCUT2D eigenvalue weighted by Gasteiger charge is 2.08. The van der Waals surface area contributed by atoms with Gasteiger partial charge in [0.25, 0.3) is 0 Å². The molecule has 0 bridgehead atoms. The number of hydrogen-bond donors (Lipinski definition) is 2. The Labute approximate surface area is 124 Å². The maximum Gasteiger partial charge on any atom is 0.324 e. The quantitative estimate of drug-likeness (QED) is 0.844. The normalized spacial score (nSPS) is 10.1. The molecule has 0 spiro atoms. The summed E-state index contributed by atoms with van der Waals surface area (Å²) in [6, 6.07) is 7.69. The van der Waals surface area contributed by atoms with Gasteiger partial charge >= 0.3 is 6.03 Å². The van der Waals surface area contributed by atoms with Crippen molar-refractivity contribution in [3.05, 3.63) is 51.6 Å². The fraction of sp³-hybridized carbons (Fsp3) is 0. The molecule has 2 rings (SSSR count). The summed E-state index contributed by atoms with van der Waals surface area (Å²) >= 11 is 17.5. The molecule has 0 atom stereocenters. The highest BCUT2D eigenvalue weighted by atomic mass is 35.5. The van der Waals surface area contributed by atoms with E-state index in [2.05, 4.69) is 15.6 Å². The average molecular weight is 317 g/mol. The van der Waals surface area contributed by atoms with Crippen LogP contribution in [0.2, 0.25) is 15.1 Å². The van der Waals surface area contributed by atoms with E-state index in [1.54, 1.807) is 30.3 Å². The largest absolute Gasteiger partial charge is 0.324 e. The molecule has 19 heavy (non-hydrogen) atoms. The maximum atomic E-state index is 11.7. The minimum atomic E-state index is -0.473. The minimum Gasteiger partial charge on any atom is -0.306 e. The summed E-state index contributed by atoms with van der Waals surface area (Å²) in [6.45, 7) is 0. The standard InChI is InChI=1S/C12H8Cl3N3O/c13-7-4-5-10(16-6-7)18-12(19)17-9-3-1-2-8(14)11(9)15/h1-6H,(H2,16,17,18,19). The molecule has 0 saturated carbocycles. The number of carbonyl (C=O) groups excluding carboxylic acids is 1. The van der Waals surface area contributed by atoms with Crippen LogP contribution >= 0.6 is 34.8 Å². The lowest BCUT2D eigenvalue weighted by molar-refractivity contribution is 0.262. The van der Waals surface area contributed by atoms with Gasteiger partial charge in [0.15, 0.2) is 0 Å². The molecule has 0 aliphatic carbocycles. The third-order valence-corrected chi connectivity index (χ3v) is 3.21. The number of hydrogen-bond acceptors (Lipinski definition) is 2. The summed E-state index contributed by atoms with van der Waals surface area (Å²) < 4.78 is 0. The highest BCUT2D eigenvalue weighted by Crippen LogP contribution is 2.29. The first-order valence-electron chi connectivity index (χ1n) is 5.20. The second-order valence-corrected chi connectivity index (χ2v) is 4.76. The zero-order valence-corrected chi connectivity index (χ0v) is 11.7. The summed E-state index contributed by atoms with van der Waals surface area (Å²) in [7, 11) is 0. The van der Waals surface area contributed by atoms with Gasteiger partial charge in [0.05, 0.1) is 20.8 Å². The molecule has 98 valence electrons. The van der Waals surface area contributed by atoms with Gasteiger partial charge in [-0.25, -0.2) is 9.78 Å². The SMILES string of the molecule is O=C(Nc1ccc(Cl)cn1)Nc1cccc(Cl)c1Cl. The molecule has 0 aliphatic rings. The molecule has 0 fully saturated rings. The van der Waals surface area contributed by atoms with Crippen LogP contribution in [0.3, 0.4) is 0 Å². The summed E-state index contributed by atoms with van der Waals surface area (Å²) in [5.74, 6) is 0.375. The van der Waals surface area contributed by atoms with Crippen molar-refractivity contribution in [2.24, 2.45) is 0 Å². The van der Waals surface area contributed by atoms with Gasteiger partial charge < -0.3 is 5.32 Å². The van der Waals surface area contributed by atoms with Crippen molar-refractivity contribution in [3.8, 4) is 0 Å². The topological polar surface area (TPSA) is 54.0 Å². The molecule has 0 unspecified atom stereocenters. The van der Waals surface area contributed by atoms with E-state index in [4.69, 9.17) is 34.8 Å². The first-order chi connectivity index (χ1) is 9.06. The number of rotatable bonds is 2. The molecule has 0 radical (unpaired) electrons. The molecule has 1 aromatic carbocycles. The van der Waals surface area contributed by atoms with Gasteiger partial charge in [0, 0.05) is 6.20 Å². The number of amides is 2. The minimum absolute atomic E-state index is 0.281. The predicted octanol–water partition coefficient (Wildman–Crippen LogP) is 4.69. The van der Waals surface area contributed by atoms with Gasteiger partial charge in [-0.15, -0.1) is 0 Å². The molecule has 1 heterocycles. The first-order valence-corrected chi connectivity index (χ1v) is 6.33. The van der Waals surface area contributed by atoms with E-state index in [1.165, 1.54) is 6.20 Å². The van der Waals surface area contributed by atoms with E-state index in [9.17, 15) is 4.79 Å². The number of urea groups is 1. The van der Waals surface area contributed by atoms with E-state index < -0.39 is 6.03 Å². The van der Waals surface area contributed by atoms with Gasteiger partial charge in [0.2, 0.25) is 0 Å². The Hall–Kier alpha value is -1.49. The summed E-state index contributed by atoms with van der Waals surface area (Å²) in [5.41, 5.74) is 0.417. The van der Waals surface area contributed by atoms with Crippen LogP contribution < -0.4 is 10.6 Å². The third-order valence-electron chi connectivity index (χ3n) is 2.17. The number of halogens is 3. The summed E-state index contributed by atoms with van der Waals surface area (Å²) in [4.78, 5) is 15.7. The van der Waals surface area contributed by atoms with E-state index in [0.717, 1.165) is 0 Å². The lowest BCUT2D eigenvalue weighted by Gasteiger charge is -2.09. The Kier molecular flexibility index (Phi) is 4.47. The van der Waals surface area contributed by atoms with Crippen molar-refractivity contribution in [2.45, 2.75) is 0 Å². The van der Waals surface area contributed by atoms with Gasteiger partial charge in [-0.1, -0.05) is 40.9 Å². The number of nitrogens with one attached hydrogen (secondary N) is 2. The first kappa shape index (κ1) is 13.9. The van der Waals surface area contributed by atoms with Crippen molar-refractivity contribution in [2.75, 3.05) is 10.6 Å². The number of pyridine rings is 1. The molecular weight excluding hydrogens is 309 g/mol. The van der Waals surface area contributed by atoms with Crippen LogP contribution in [0.5, 0.6) is 0 Å². The van der Waals surface area contributed by atoms with E-state index in [1.807, 2.05) is 0 Å². The van der Waals surface area contributed by atoms with Gasteiger partial charge in [-0.3, -0.25) is 5.32 Å². The molecule has 7 heteroatoms. The zero-order chi connectivity index (χ0) is 13.8. The van der Waals surface area contributed by atoms with Gasteiger partial charge in [-0.05, 0) is 24.3 Å². The van der Waals surface area contributed by atoms with E-state index in [-0.39, 0.29) is 5.02 Å². The van der Waals surface area contributed by atoms with Crippen LogP contribution in [0, 0.1) is 0 Å². The molecule has 0 aliphatic heterocycles. The Bertz CT molecular complexity index is 602. The molecule has 4 nitrogen and oxygen atoms in total. The molecule has 0 saturated heterocycles. The van der Waals surface area contributed by atoms with Crippen LogP contribution in [-0.2, 0) is 0 Å². The van der Waals surface area contributed by atoms with Crippen LogP contribution in [-0.4, -0.2) is 11.0 Å². The van der Waals surface area contributed by atoms with Crippen LogP contribution in [0.25, 0.3) is 0 Å². The molecular formula is C12H8Cl3N3O. The Balaban J connectivity index is 2.05. The van der Waals surface area contributed by atoms with E-state index in [0.29, 0.717) is 21.6 Å². The second-order valence-electron chi connectivity index (χ2n) is 3.54. The van der Waals surface area contributed by atoms with Crippen molar-refractivity contribution < 1.29 is 4.79 Å². The van der Waals surface area contributed by atoms with Crippen LogP contribution in [0.1, 0.15) is 0 Å². The number of nitrogens with zero attached hydrogens (tertiary/aromatic N) is 1. The monoisotopic (exact) mass is 315 g/mol.